The van der Waals surface area contributed by atoms with Crippen LogP contribution in [0.5, 0.6) is 0 Å². The Morgan fingerprint density at radius 1 is 1.10 bits per heavy atom. The maximum atomic E-state index is 13.2. The van der Waals surface area contributed by atoms with E-state index in [1.54, 1.807) is 42.5 Å². The maximum Gasteiger partial charge on any atom is 0.352 e. The highest BCUT2D eigenvalue weighted by molar-refractivity contribution is 6.31. The van der Waals surface area contributed by atoms with Crippen molar-refractivity contribution in [2.24, 2.45) is 5.92 Å². The summed E-state index contributed by atoms with van der Waals surface area (Å²) < 4.78 is 1.96. The molecule has 0 bridgehead atoms. The number of nitrogens with one attached hydrogen (secondary N) is 1. The molecule has 0 radical (unpaired) electrons. The molecule has 2 aromatic carbocycles. The van der Waals surface area contributed by atoms with E-state index in [0.717, 1.165) is 14.8 Å². The van der Waals surface area contributed by atoms with Crippen LogP contribution in [0.15, 0.2) is 52.1 Å². The number of carbonyl (C=O) groups excluding carboxylic acids is 1. The van der Waals surface area contributed by atoms with Crippen molar-refractivity contribution in [2.75, 3.05) is 6.54 Å². The van der Waals surface area contributed by atoms with Crippen LogP contribution in [0.2, 0.25) is 10.0 Å². The van der Waals surface area contributed by atoms with Gasteiger partial charge in [-0.15, -0.1) is 0 Å². The summed E-state index contributed by atoms with van der Waals surface area (Å²) in [6.45, 7) is 5.94. The van der Waals surface area contributed by atoms with E-state index >= 15 is 0 Å². The van der Waals surface area contributed by atoms with E-state index in [9.17, 15) is 14.4 Å². The zero-order chi connectivity index (χ0) is 22.7. The molecule has 0 aliphatic carbocycles. The minimum atomic E-state index is -0.791. The standard InChI is InChI=1S/C22H22Cl2N4O3/c1-13(2)11-25-20(29)19-21(30)27(12-15-6-4-5-7-17(15)23)22(31)28(26-19)16-9-8-14(3)18(24)10-16/h4-10,13H,11-12H2,1-3H3,(H,25,29). The molecule has 0 aliphatic heterocycles. The van der Waals surface area contributed by atoms with Gasteiger partial charge in [0.2, 0.25) is 5.69 Å². The molecule has 7 nitrogen and oxygen atoms in total. The molecule has 3 rings (SSSR count). The number of hydrogen-bond donors (Lipinski definition) is 1. The average molecular weight is 461 g/mol. The number of benzene rings is 2. The third-order valence-electron chi connectivity index (χ3n) is 4.63. The van der Waals surface area contributed by atoms with Gasteiger partial charge in [-0.2, -0.15) is 9.78 Å². The van der Waals surface area contributed by atoms with Crippen LogP contribution in [0.1, 0.15) is 35.5 Å². The first-order chi connectivity index (χ1) is 14.7. The molecule has 1 N–H and O–H groups in total. The molecule has 0 aliphatic rings. The van der Waals surface area contributed by atoms with Crippen LogP contribution in [-0.4, -0.2) is 26.8 Å². The zero-order valence-electron chi connectivity index (χ0n) is 17.4. The lowest BCUT2D eigenvalue weighted by atomic mass is 10.2. The first-order valence-electron chi connectivity index (χ1n) is 9.71. The van der Waals surface area contributed by atoms with Crippen molar-refractivity contribution in [3.8, 4) is 5.69 Å². The summed E-state index contributed by atoms with van der Waals surface area (Å²) in [6, 6.07) is 11.8. The van der Waals surface area contributed by atoms with E-state index in [4.69, 9.17) is 23.2 Å². The van der Waals surface area contributed by atoms with E-state index in [1.807, 2.05) is 20.8 Å². The molecule has 0 saturated heterocycles. The van der Waals surface area contributed by atoms with Crippen LogP contribution in [0.4, 0.5) is 0 Å². The first-order valence-corrected chi connectivity index (χ1v) is 10.5. The van der Waals surface area contributed by atoms with Gasteiger partial charge in [-0.1, -0.05) is 61.3 Å². The van der Waals surface area contributed by atoms with Crippen molar-refractivity contribution in [1.82, 2.24) is 19.7 Å². The lowest BCUT2D eigenvalue weighted by Crippen LogP contribution is -2.46. The van der Waals surface area contributed by atoms with Crippen molar-refractivity contribution < 1.29 is 4.79 Å². The number of carbonyl (C=O) groups is 1. The van der Waals surface area contributed by atoms with Gasteiger partial charge in [-0.05, 0) is 42.2 Å². The van der Waals surface area contributed by atoms with Gasteiger partial charge in [-0.3, -0.25) is 14.2 Å². The van der Waals surface area contributed by atoms with Gasteiger partial charge in [0.15, 0.2) is 0 Å². The van der Waals surface area contributed by atoms with Crippen LogP contribution >= 0.6 is 23.2 Å². The number of halogens is 2. The Morgan fingerprint density at radius 2 is 1.81 bits per heavy atom. The lowest BCUT2D eigenvalue weighted by molar-refractivity contribution is 0.0939. The summed E-state index contributed by atoms with van der Waals surface area (Å²) in [5.41, 5.74) is -0.157. The summed E-state index contributed by atoms with van der Waals surface area (Å²) in [5.74, 6) is -0.477. The molecule has 0 spiro atoms. The molecule has 3 aromatic rings. The van der Waals surface area contributed by atoms with Gasteiger partial charge in [-0.25, -0.2) is 4.79 Å². The third-order valence-corrected chi connectivity index (χ3v) is 5.41. The summed E-state index contributed by atoms with van der Waals surface area (Å²) in [4.78, 5) is 38.9. The topological polar surface area (TPSA) is 86.0 Å². The normalized spacial score (nSPS) is 11.0. The number of rotatable bonds is 6. The third kappa shape index (κ3) is 5.06. The van der Waals surface area contributed by atoms with Crippen LogP contribution in [0.3, 0.4) is 0 Å². The molecular weight excluding hydrogens is 439 g/mol. The predicted molar refractivity (Wildman–Crippen MR) is 122 cm³/mol. The molecule has 1 heterocycles. The monoisotopic (exact) mass is 460 g/mol. The quantitative estimate of drug-likeness (QED) is 0.610. The number of aromatic nitrogens is 3. The van der Waals surface area contributed by atoms with Gasteiger partial charge >= 0.3 is 5.69 Å². The van der Waals surface area contributed by atoms with Crippen LogP contribution in [0.25, 0.3) is 5.69 Å². The Balaban J connectivity index is 2.20. The highest BCUT2D eigenvalue weighted by Gasteiger charge is 2.21. The van der Waals surface area contributed by atoms with Gasteiger partial charge < -0.3 is 5.32 Å². The second-order valence-corrected chi connectivity index (χ2v) is 8.38. The van der Waals surface area contributed by atoms with Gasteiger partial charge in [0, 0.05) is 16.6 Å². The van der Waals surface area contributed by atoms with Crippen LogP contribution in [-0.2, 0) is 6.54 Å². The SMILES string of the molecule is Cc1ccc(-n2nc(C(=O)NCC(C)C)c(=O)n(Cc3ccccc3Cl)c2=O)cc1Cl. The molecule has 0 saturated carbocycles. The number of aryl methyl sites for hydroxylation is 1. The minimum Gasteiger partial charge on any atom is -0.350 e. The number of hydrogen-bond acceptors (Lipinski definition) is 4. The van der Waals surface area contributed by atoms with Crippen molar-refractivity contribution >= 4 is 29.1 Å². The predicted octanol–water partition coefficient (Wildman–Crippen LogP) is 3.44. The summed E-state index contributed by atoms with van der Waals surface area (Å²) in [5, 5.41) is 7.60. The van der Waals surface area contributed by atoms with Crippen LogP contribution in [0, 0.1) is 12.8 Å². The molecule has 0 fully saturated rings. The zero-order valence-corrected chi connectivity index (χ0v) is 18.9. The number of amides is 1. The minimum absolute atomic E-state index is 0.107. The summed E-state index contributed by atoms with van der Waals surface area (Å²) in [7, 11) is 0. The Labute approximate surface area is 189 Å². The Morgan fingerprint density at radius 3 is 2.45 bits per heavy atom. The second-order valence-electron chi connectivity index (χ2n) is 7.56. The molecule has 1 aromatic heterocycles. The maximum absolute atomic E-state index is 13.2. The second kappa shape index (κ2) is 9.49. The van der Waals surface area contributed by atoms with Gasteiger partial charge in [0.25, 0.3) is 11.5 Å². The van der Waals surface area contributed by atoms with E-state index < -0.39 is 17.2 Å². The van der Waals surface area contributed by atoms with Crippen molar-refractivity contribution in [2.45, 2.75) is 27.3 Å². The van der Waals surface area contributed by atoms with E-state index in [1.165, 1.54) is 0 Å². The van der Waals surface area contributed by atoms with Crippen molar-refractivity contribution in [1.29, 1.82) is 0 Å². The van der Waals surface area contributed by atoms with E-state index in [2.05, 4.69) is 10.4 Å². The highest BCUT2D eigenvalue weighted by atomic mass is 35.5. The Kier molecular flexibility index (Phi) is 6.97. The van der Waals surface area contributed by atoms with Crippen molar-refractivity contribution in [3.63, 3.8) is 0 Å². The average Bonchev–Trinajstić information content (AvgIpc) is 2.73. The van der Waals surface area contributed by atoms with Gasteiger partial charge in [0.1, 0.15) is 0 Å². The fourth-order valence-corrected chi connectivity index (χ4v) is 3.23. The van der Waals surface area contributed by atoms with Crippen molar-refractivity contribution in [3.05, 3.63) is 90.2 Å². The molecule has 31 heavy (non-hydrogen) atoms. The molecule has 0 unspecified atom stereocenters. The first kappa shape index (κ1) is 22.8. The smallest absolute Gasteiger partial charge is 0.350 e. The fourth-order valence-electron chi connectivity index (χ4n) is 2.86. The molecule has 1 amide bonds. The van der Waals surface area contributed by atoms with Crippen LogP contribution < -0.4 is 16.6 Å². The fraction of sp³-hybridized carbons (Fsp3) is 0.273. The summed E-state index contributed by atoms with van der Waals surface area (Å²) in [6.07, 6.45) is 0. The summed E-state index contributed by atoms with van der Waals surface area (Å²) >= 11 is 12.4. The van der Waals surface area contributed by atoms with E-state index in [-0.39, 0.29) is 18.2 Å². The molecule has 9 heteroatoms. The Hall–Kier alpha value is -2.90. The Bertz CT molecular complexity index is 1250. The molecular formula is C22H22Cl2N4O3. The largest absolute Gasteiger partial charge is 0.352 e. The van der Waals surface area contributed by atoms with Gasteiger partial charge in [0.05, 0.1) is 12.2 Å². The molecule has 0 atom stereocenters. The van der Waals surface area contributed by atoms with E-state index in [0.29, 0.717) is 27.8 Å². The lowest BCUT2D eigenvalue weighted by Gasteiger charge is -2.14. The number of nitrogens with zero attached hydrogens (tertiary/aromatic N) is 3. The highest BCUT2D eigenvalue weighted by Crippen LogP contribution is 2.18. The molecule has 162 valence electrons.